The number of halogens is 2. The highest BCUT2D eigenvalue weighted by molar-refractivity contribution is 5.88. The van der Waals surface area contributed by atoms with E-state index in [2.05, 4.69) is 5.10 Å². The molecule has 0 fully saturated rings. The van der Waals surface area contributed by atoms with Gasteiger partial charge in [0, 0.05) is 18.5 Å². The molecule has 0 unspecified atom stereocenters. The summed E-state index contributed by atoms with van der Waals surface area (Å²) in [6, 6.07) is 12.1. The summed E-state index contributed by atoms with van der Waals surface area (Å²) < 4.78 is 28.5. The molecule has 0 atom stereocenters. The van der Waals surface area contributed by atoms with Crippen LogP contribution >= 0.6 is 0 Å². The average Bonchev–Trinajstić information content (AvgIpc) is 3.03. The van der Waals surface area contributed by atoms with Crippen molar-refractivity contribution in [3.63, 3.8) is 0 Å². The van der Waals surface area contributed by atoms with E-state index in [1.165, 1.54) is 10.7 Å². The van der Waals surface area contributed by atoms with Gasteiger partial charge in [0.25, 0.3) is 12.0 Å². The molecular weight excluding hydrogens is 344 g/mol. The summed E-state index contributed by atoms with van der Waals surface area (Å²) in [5.41, 5.74) is 0.336. The molecule has 134 valence electrons. The molecule has 0 saturated heterocycles. The topological polar surface area (TPSA) is 77.1 Å². The minimum atomic E-state index is -2.95. The molecule has 0 saturated carbocycles. The number of hydrogen-bond donors (Lipinski definition) is 1. The zero-order valence-electron chi connectivity index (χ0n) is 13.5. The van der Waals surface area contributed by atoms with Crippen molar-refractivity contribution in [1.82, 2.24) is 14.3 Å². The zero-order valence-corrected chi connectivity index (χ0v) is 13.5. The van der Waals surface area contributed by atoms with E-state index in [-0.39, 0.29) is 12.1 Å². The van der Waals surface area contributed by atoms with Gasteiger partial charge in [0.15, 0.2) is 0 Å². The van der Waals surface area contributed by atoms with Crippen LogP contribution in [0.15, 0.2) is 59.7 Å². The third-order valence-corrected chi connectivity index (χ3v) is 3.85. The summed E-state index contributed by atoms with van der Waals surface area (Å²) in [6.07, 6.45) is -0.158. The second-order valence-corrected chi connectivity index (χ2v) is 5.71. The molecule has 0 aliphatic carbocycles. The zero-order chi connectivity index (χ0) is 18.7. The van der Waals surface area contributed by atoms with Crippen LogP contribution in [0.4, 0.5) is 8.78 Å². The first-order chi connectivity index (χ1) is 12.4. The van der Waals surface area contributed by atoms with Gasteiger partial charge >= 0.3 is 5.97 Å². The van der Waals surface area contributed by atoms with Gasteiger partial charge in [-0.3, -0.25) is 9.48 Å². The maximum atomic E-state index is 12.9. The summed E-state index contributed by atoms with van der Waals surface area (Å²) in [5, 5.41) is 12.6. The van der Waals surface area contributed by atoms with Gasteiger partial charge in [-0.05, 0) is 17.2 Å². The molecule has 2 heterocycles. The molecular formula is C18H15F2N3O3. The van der Waals surface area contributed by atoms with Gasteiger partial charge in [-0.1, -0.05) is 30.3 Å². The van der Waals surface area contributed by atoms with Crippen LogP contribution in [0.5, 0.6) is 0 Å². The highest BCUT2D eigenvalue weighted by Crippen LogP contribution is 2.21. The lowest BCUT2D eigenvalue weighted by Gasteiger charge is -2.07. The van der Waals surface area contributed by atoms with Gasteiger partial charge in [-0.15, -0.1) is 0 Å². The second-order valence-electron chi connectivity index (χ2n) is 5.71. The van der Waals surface area contributed by atoms with Crippen molar-refractivity contribution >= 4 is 5.97 Å². The summed E-state index contributed by atoms with van der Waals surface area (Å²) in [6.45, 7) is 0.582. The van der Waals surface area contributed by atoms with Crippen LogP contribution in [0.1, 0.15) is 33.6 Å². The van der Waals surface area contributed by atoms with Crippen molar-refractivity contribution in [1.29, 1.82) is 0 Å². The Bertz CT molecular complexity index is 978. The number of carboxylic acids is 1. The number of carboxylic acid groups (broad SMARTS) is 1. The first-order valence-corrected chi connectivity index (χ1v) is 7.76. The molecule has 0 aliphatic heterocycles. The number of carbonyl (C=O) groups is 1. The van der Waals surface area contributed by atoms with E-state index in [0.29, 0.717) is 6.54 Å². The number of aromatic carboxylic acids is 1. The molecule has 0 aliphatic rings. The second kappa shape index (κ2) is 7.30. The Morgan fingerprint density at radius 1 is 1.08 bits per heavy atom. The fourth-order valence-electron chi connectivity index (χ4n) is 2.57. The minimum absolute atomic E-state index is 0.103. The van der Waals surface area contributed by atoms with Gasteiger partial charge in [0.1, 0.15) is 11.3 Å². The lowest BCUT2D eigenvalue weighted by atomic mass is 10.1. The van der Waals surface area contributed by atoms with Crippen LogP contribution in [0.3, 0.4) is 0 Å². The van der Waals surface area contributed by atoms with Crippen molar-refractivity contribution in [2.45, 2.75) is 19.5 Å². The van der Waals surface area contributed by atoms with Crippen LogP contribution in [-0.4, -0.2) is 25.4 Å². The largest absolute Gasteiger partial charge is 0.478 e. The molecule has 0 bridgehead atoms. The average molecular weight is 359 g/mol. The molecule has 2 aromatic heterocycles. The van der Waals surface area contributed by atoms with E-state index in [1.807, 2.05) is 12.1 Å². The van der Waals surface area contributed by atoms with Crippen LogP contribution in [0.25, 0.3) is 0 Å². The van der Waals surface area contributed by atoms with E-state index in [1.54, 1.807) is 35.0 Å². The van der Waals surface area contributed by atoms with E-state index in [9.17, 15) is 18.4 Å². The van der Waals surface area contributed by atoms with E-state index in [0.717, 1.165) is 17.3 Å². The number of alkyl halides is 2. The first-order valence-electron chi connectivity index (χ1n) is 7.76. The molecule has 3 rings (SSSR count). The fraction of sp³-hybridized carbons (Fsp3) is 0.167. The number of rotatable bonds is 6. The molecule has 1 N–H and O–H groups in total. The Hall–Kier alpha value is -3.29. The number of pyridine rings is 1. The van der Waals surface area contributed by atoms with Crippen LogP contribution in [0, 0.1) is 0 Å². The maximum Gasteiger partial charge on any atom is 0.339 e. The summed E-state index contributed by atoms with van der Waals surface area (Å²) >= 11 is 0. The Labute approximate surface area is 146 Å². The Kier molecular flexibility index (Phi) is 4.92. The SMILES string of the molecule is O=C(O)c1cn(Cc2ccc(Cn3ccccc3=O)cc2)nc1C(F)F. The van der Waals surface area contributed by atoms with Gasteiger partial charge in [0.2, 0.25) is 0 Å². The van der Waals surface area contributed by atoms with Crippen molar-refractivity contribution in [2.75, 3.05) is 0 Å². The quantitative estimate of drug-likeness (QED) is 0.734. The number of aromatic nitrogens is 3. The van der Waals surface area contributed by atoms with Crippen molar-refractivity contribution in [2.24, 2.45) is 0 Å². The van der Waals surface area contributed by atoms with Crippen LogP contribution in [0.2, 0.25) is 0 Å². The van der Waals surface area contributed by atoms with Gasteiger partial charge in [-0.2, -0.15) is 5.10 Å². The maximum absolute atomic E-state index is 12.9. The minimum Gasteiger partial charge on any atom is -0.478 e. The van der Waals surface area contributed by atoms with Gasteiger partial charge in [0.05, 0.1) is 13.1 Å². The molecule has 1 aromatic carbocycles. The normalized spacial score (nSPS) is 11.0. The van der Waals surface area contributed by atoms with Crippen molar-refractivity contribution in [3.05, 3.63) is 87.6 Å². The standard InChI is InChI=1S/C18H15F2N3O3/c19-17(20)16-14(18(25)26)11-23(21-16)10-13-6-4-12(5-7-13)9-22-8-2-1-3-15(22)24/h1-8,11,17H,9-10H2,(H,25,26). The summed E-state index contributed by atoms with van der Waals surface area (Å²) in [4.78, 5) is 22.7. The van der Waals surface area contributed by atoms with Crippen molar-refractivity contribution < 1.29 is 18.7 Å². The highest BCUT2D eigenvalue weighted by atomic mass is 19.3. The Balaban J connectivity index is 1.76. The molecule has 26 heavy (non-hydrogen) atoms. The van der Waals surface area contributed by atoms with Crippen LogP contribution in [-0.2, 0) is 13.1 Å². The Morgan fingerprint density at radius 2 is 1.73 bits per heavy atom. The number of nitrogens with zero attached hydrogens (tertiary/aromatic N) is 3. The third kappa shape index (κ3) is 3.85. The van der Waals surface area contributed by atoms with Crippen LogP contribution < -0.4 is 5.56 Å². The van der Waals surface area contributed by atoms with E-state index < -0.39 is 23.7 Å². The van der Waals surface area contributed by atoms with Crippen molar-refractivity contribution in [3.8, 4) is 0 Å². The number of hydrogen-bond acceptors (Lipinski definition) is 3. The summed E-state index contributed by atoms with van der Waals surface area (Å²) in [5.74, 6) is -1.43. The molecule has 0 radical (unpaired) electrons. The molecule has 0 amide bonds. The third-order valence-electron chi connectivity index (χ3n) is 3.85. The highest BCUT2D eigenvalue weighted by Gasteiger charge is 2.22. The monoisotopic (exact) mass is 359 g/mol. The lowest BCUT2D eigenvalue weighted by molar-refractivity contribution is 0.0684. The van der Waals surface area contributed by atoms with E-state index >= 15 is 0 Å². The summed E-state index contributed by atoms with van der Waals surface area (Å²) in [7, 11) is 0. The van der Waals surface area contributed by atoms with Gasteiger partial charge < -0.3 is 9.67 Å². The van der Waals surface area contributed by atoms with Gasteiger partial charge in [-0.25, -0.2) is 13.6 Å². The molecule has 0 spiro atoms. The smallest absolute Gasteiger partial charge is 0.339 e. The fourth-order valence-corrected chi connectivity index (χ4v) is 2.57. The predicted octanol–water partition coefficient (Wildman–Crippen LogP) is 2.78. The Morgan fingerprint density at radius 3 is 2.27 bits per heavy atom. The number of benzene rings is 1. The molecule has 6 nitrogen and oxygen atoms in total. The first kappa shape index (κ1) is 17.5. The lowest BCUT2D eigenvalue weighted by Crippen LogP contribution is -2.18. The molecule has 8 heteroatoms. The predicted molar refractivity (Wildman–Crippen MR) is 89.5 cm³/mol. The van der Waals surface area contributed by atoms with E-state index in [4.69, 9.17) is 5.11 Å². The molecule has 3 aromatic rings.